The van der Waals surface area contributed by atoms with E-state index in [1.54, 1.807) is 24.3 Å². The zero-order valence-electron chi connectivity index (χ0n) is 19.3. The van der Waals surface area contributed by atoms with E-state index in [-0.39, 0.29) is 22.9 Å². The van der Waals surface area contributed by atoms with Gasteiger partial charge in [0.05, 0.1) is 6.10 Å². The molecule has 0 aromatic heterocycles. The zero-order chi connectivity index (χ0) is 23.2. The Morgan fingerprint density at radius 3 is 1.90 bits per heavy atom. The van der Waals surface area contributed by atoms with Gasteiger partial charge in [0.1, 0.15) is 0 Å². The molecule has 5 nitrogen and oxygen atoms in total. The first-order valence-electron chi connectivity index (χ1n) is 10.5. The van der Waals surface area contributed by atoms with Crippen molar-refractivity contribution in [2.75, 3.05) is 0 Å². The molecule has 1 atom stereocenters. The van der Waals surface area contributed by atoms with E-state index in [0.717, 1.165) is 11.1 Å². The summed E-state index contributed by atoms with van der Waals surface area (Å²) in [7, 11) is 0. The van der Waals surface area contributed by atoms with Crippen molar-refractivity contribution < 1.29 is 14.7 Å². The predicted molar refractivity (Wildman–Crippen MR) is 126 cm³/mol. The second-order valence-electron chi connectivity index (χ2n) is 9.78. The third-order valence-electron chi connectivity index (χ3n) is 4.37. The number of aliphatic hydroxyl groups excluding tert-OH is 1. The second-order valence-corrected chi connectivity index (χ2v) is 9.78. The Morgan fingerprint density at radius 2 is 1.32 bits per heavy atom. The minimum atomic E-state index is -0.803. The summed E-state index contributed by atoms with van der Waals surface area (Å²) >= 11 is 0. The number of aliphatic hydroxyl groups is 1. The van der Waals surface area contributed by atoms with E-state index in [1.165, 1.54) is 0 Å². The first kappa shape index (κ1) is 24.4. The summed E-state index contributed by atoms with van der Waals surface area (Å²) in [5, 5.41) is 16.5. The van der Waals surface area contributed by atoms with Crippen LogP contribution in [-0.4, -0.2) is 34.1 Å². The maximum Gasteiger partial charge on any atom is 0.252 e. The predicted octanol–water partition coefficient (Wildman–Crippen LogP) is 4.36. The molecule has 5 heteroatoms. The molecule has 0 saturated carbocycles. The maximum absolute atomic E-state index is 12.6. The fraction of sp³-hybridized carbons (Fsp3) is 0.385. The van der Waals surface area contributed by atoms with Gasteiger partial charge in [-0.25, -0.2) is 0 Å². The zero-order valence-corrected chi connectivity index (χ0v) is 19.3. The molecule has 0 heterocycles. The van der Waals surface area contributed by atoms with E-state index >= 15 is 0 Å². The van der Waals surface area contributed by atoms with Crippen LogP contribution in [0.5, 0.6) is 0 Å². The summed E-state index contributed by atoms with van der Waals surface area (Å²) < 4.78 is 0. The van der Waals surface area contributed by atoms with Gasteiger partial charge in [0.2, 0.25) is 0 Å². The summed E-state index contributed by atoms with van der Waals surface area (Å²) in [6.07, 6.45) is 2.89. The molecule has 3 N–H and O–H groups in total. The van der Waals surface area contributed by atoms with E-state index in [0.29, 0.717) is 17.5 Å². The van der Waals surface area contributed by atoms with Crippen LogP contribution in [0.2, 0.25) is 0 Å². The number of nitrogens with one attached hydrogen (secondary N) is 2. The van der Waals surface area contributed by atoms with E-state index < -0.39 is 6.10 Å². The number of carbonyl (C=O) groups is 2. The summed E-state index contributed by atoms with van der Waals surface area (Å²) in [4.78, 5) is 25.2. The standard InChI is InChI=1S/C26H34N2O3/c1-25(2,3)27-23(30)21-13-9-7-11-18(21)15-16-20(29)17-19-12-8-10-14-22(19)24(31)28-26(4,5)6/h7-16,20,29H,17H2,1-6H3,(H,27,30)(H,28,31)/b16-15+/t20-/m0/s1. The lowest BCUT2D eigenvalue weighted by atomic mass is 9.98. The van der Waals surface area contributed by atoms with Crippen LogP contribution in [0.3, 0.4) is 0 Å². The van der Waals surface area contributed by atoms with Crippen LogP contribution in [0.4, 0.5) is 0 Å². The molecule has 2 aromatic rings. The van der Waals surface area contributed by atoms with Gasteiger partial charge in [-0.05, 0) is 64.8 Å². The lowest BCUT2D eigenvalue weighted by Crippen LogP contribution is -2.41. The van der Waals surface area contributed by atoms with Crippen molar-refractivity contribution >= 4 is 17.9 Å². The number of rotatable bonds is 6. The molecule has 0 aliphatic rings. The van der Waals surface area contributed by atoms with Gasteiger partial charge >= 0.3 is 0 Å². The average Bonchev–Trinajstić information content (AvgIpc) is 2.64. The molecule has 0 radical (unpaired) electrons. The van der Waals surface area contributed by atoms with Crippen LogP contribution in [0.1, 0.15) is 73.4 Å². The third-order valence-corrected chi connectivity index (χ3v) is 4.37. The molecule has 0 spiro atoms. The van der Waals surface area contributed by atoms with Crippen molar-refractivity contribution in [2.24, 2.45) is 0 Å². The fourth-order valence-electron chi connectivity index (χ4n) is 3.09. The van der Waals surface area contributed by atoms with Crippen molar-refractivity contribution in [3.05, 3.63) is 76.9 Å². The number of amides is 2. The highest BCUT2D eigenvalue weighted by Crippen LogP contribution is 2.16. The fourth-order valence-corrected chi connectivity index (χ4v) is 3.09. The van der Waals surface area contributed by atoms with Gasteiger partial charge in [-0.2, -0.15) is 0 Å². The monoisotopic (exact) mass is 422 g/mol. The van der Waals surface area contributed by atoms with Crippen LogP contribution in [0.15, 0.2) is 54.6 Å². The molecule has 2 aromatic carbocycles. The van der Waals surface area contributed by atoms with Crippen molar-refractivity contribution in [2.45, 2.75) is 65.1 Å². The van der Waals surface area contributed by atoms with E-state index in [4.69, 9.17) is 0 Å². The number of carbonyl (C=O) groups excluding carboxylic acids is 2. The third kappa shape index (κ3) is 8.02. The Morgan fingerprint density at radius 1 is 0.839 bits per heavy atom. The summed E-state index contributed by atoms with van der Waals surface area (Å²) in [5.74, 6) is -0.324. The number of hydrogen-bond donors (Lipinski definition) is 3. The maximum atomic E-state index is 12.6. The van der Waals surface area contributed by atoms with Gasteiger partial charge in [-0.15, -0.1) is 0 Å². The first-order chi connectivity index (χ1) is 14.4. The molecule has 0 aliphatic carbocycles. The normalized spacial score (nSPS) is 13.1. The van der Waals surface area contributed by atoms with Crippen molar-refractivity contribution in [3.8, 4) is 0 Å². The molecular weight excluding hydrogens is 388 g/mol. The Hall–Kier alpha value is -2.92. The second kappa shape index (κ2) is 9.92. The SMILES string of the molecule is CC(C)(C)NC(=O)c1ccccc1/C=C/[C@H](O)Cc1ccccc1C(=O)NC(C)(C)C. The van der Waals surface area contributed by atoms with E-state index in [2.05, 4.69) is 10.6 Å². The van der Waals surface area contributed by atoms with Gasteiger partial charge in [0.25, 0.3) is 11.8 Å². The van der Waals surface area contributed by atoms with Crippen LogP contribution in [-0.2, 0) is 6.42 Å². The topological polar surface area (TPSA) is 78.4 Å². The molecule has 0 unspecified atom stereocenters. The van der Waals surface area contributed by atoms with Crippen molar-refractivity contribution in [3.63, 3.8) is 0 Å². The van der Waals surface area contributed by atoms with E-state index in [1.807, 2.05) is 77.9 Å². The molecule has 166 valence electrons. The Kier molecular flexibility index (Phi) is 7.80. The molecule has 0 bridgehead atoms. The first-order valence-corrected chi connectivity index (χ1v) is 10.5. The van der Waals surface area contributed by atoms with Gasteiger partial charge in [0, 0.05) is 28.6 Å². The molecule has 0 fully saturated rings. The van der Waals surface area contributed by atoms with Gasteiger partial charge in [-0.1, -0.05) is 48.6 Å². The minimum absolute atomic E-state index is 0.161. The molecule has 2 rings (SSSR count). The van der Waals surface area contributed by atoms with E-state index in [9.17, 15) is 14.7 Å². The lowest BCUT2D eigenvalue weighted by Gasteiger charge is -2.22. The molecule has 0 saturated heterocycles. The molecule has 0 aliphatic heterocycles. The largest absolute Gasteiger partial charge is 0.389 e. The van der Waals surface area contributed by atoms with Crippen molar-refractivity contribution in [1.82, 2.24) is 10.6 Å². The Bertz CT molecular complexity index is 950. The van der Waals surface area contributed by atoms with Crippen LogP contribution >= 0.6 is 0 Å². The number of benzene rings is 2. The minimum Gasteiger partial charge on any atom is -0.389 e. The highest BCUT2D eigenvalue weighted by atomic mass is 16.3. The summed E-state index contributed by atoms with van der Waals surface area (Å²) in [5.41, 5.74) is 1.90. The summed E-state index contributed by atoms with van der Waals surface area (Å²) in [6, 6.07) is 14.5. The van der Waals surface area contributed by atoms with Gasteiger partial charge in [0.15, 0.2) is 0 Å². The van der Waals surface area contributed by atoms with Crippen LogP contribution < -0.4 is 10.6 Å². The Balaban J connectivity index is 2.17. The molecular formula is C26H34N2O3. The van der Waals surface area contributed by atoms with Gasteiger partial charge in [-0.3, -0.25) is 9.59 Å². The molecule has 31 heavy (non-hydrogen) atoms. The lowest BCUT2D eigenvalue weighted by molar-refractivity contribution is 0.0909. The highest BCUT2D eigenvalue weighted by Gasteiger charge is 2.19. The van der Waals surface area contributed by atoms with Crippen molar-refractivity contribution in [1.29, 1.82) is 0 Å². The van der Waals surface area contributed by atoms with Crippen LogP contribution in [0.25, 0.3) is 6.08 Å². The quantitative estimate of drug-likeness (QED) is 0.647. The smallest absolute Gasteiger partial charge is 0.252 e. The average molecular weight is 423 g/mol. The number of hydrogen-bond acceptors (Lipinski definition) is 3. The Labute approximate surface area is 185 Å². The summed E-state index contributed by atoms with van der Waals surface area (Å²) in [6.45, 7) is 11.6. The van der Waals surface area contributed by atoms with Gasteiger partial charge < -0.3 is 15.7 Å². The highest BCUT2D eigenvalue weighted by molar-refractivity contribution is 5.98. The molecule has 2 amide bonds. The van der Waals surface area contributed by atoms with Crippen LogP contribution in [0, 0.1) is 0 Å².